The van der Waals surface area contributed by atoms with Crippen molar-refractivity contribution in [2.45, 2.75) is 86.3 Å². The van der Waals surface area contributed by atoms with Crippen molar-refractivity contribution < 1.29 is 12.8 Å². The molecule has 0 aromatic heterocycles. The van der Waals surface area contributed by atoms with Gasteiger partial charge in [-0.05, 0) is 63.0 Å². The van der Waals surface area contributed by atoms with E-state index in [1.165, 1.54) is 0 Å². The first kappa shape index (κ1) is 25.6. The van der Waals surface area contributed by atoms with Crippen LogP contribution in [0.25, 0.3) is 0 Å². The topological polar surface area (TPSA) is 89.7 Å². The zero-order chi connectivity index (χ0) is 24.6. The van der Waals surface area contributed by atoms with Crippen molar-refractivity contribution in [3.63, 3.8) is 0 Å². The van der Waals surface area contributed by atoms with Crippen LogP contribution >= 0.6 is 11.6 Å². The molecule has 4 aliphatic heterocycles. The third kappa shape index (κ3) is 5.48. The van der Waals surface area contributed by atoms with Gasteiger partial charge in [-0.25, -0.2) is 17.1 Å². The van der Waals surface area contributed by atoms with Crippen LogP contribution in [0.1, 0.15) is 51.4 Å². The van der Waals surface area contributed by atoms with Crippen LogP contribution < -0.4 is 5.32 Å². The summed E-state index contributed by atoms with van der Waals surface area (Å²) in [6.07, 6.45) is 7.60. The maximum Gasteiger partial charge on any atom is 0.217 e. The molecule has 12 heteroatoms. The van der Waals surface area contributed by atoms with Gasteiger partial charge < -0.3 is 0 Å². The number of rotatable bonds is 6. The maximum absolute atomic E-state index is 13.8. The van der Waals surface area contributed by atoms with Gasteiger partial charge in [0.2, 0.25) is 10.0 Å². The number of aliphatic imine (C=N–C) groups is 2. The summed E-state index contributed by atoms with van der Waals surface area (Å²) < 4.78 is 41.8. The molecule has 35 heavy (non-hydrogen) atoms. The smallest absolute Gasteiger partial charge is 0.217 e. The van der Waals surface area contributed by atoms with Gasteiger partial charge in [0, 0.05) is 50.3 Å². The fourth-order valence-corrected chi connectivity index (χ4v) is 8.46. The molecular formula is C23H35BClFN6O2S. The maximum atomic E-state index is 13.8. The number of sulfonamides is 1. The monoisotopic (exact) mass is 524 g/mol. The Morgan fingerprint density at radius 3 is 2.71 bits per heavy atom. The predicted octanol–water partition coefficient (Wildman–Crippen LogP) is 2.35. The Kier molecular flexibility index (Phi) is 7.87. The van der Waals surface area contributed by atoms with Gasteiger partial charge in [-0.1, -0.05) is 0 Å². The van der Waals surface area contributed by atoms with E-state index in [9.17, 15) is 12.8 Å². The Labute approximate surface area is 214 Å². The van der Waals surface area contributed by atoms with Crippen LogP contribution in [0.4, 0.5) is 4.39 Å². The second kappa shape index (κ2) is 10.8. The molecule has 0 aromatic carbocycles. The van der Waals surface area contributed by atoms with Gasteiger partial charge in [0.25, 0.3) is 0 Å². The SMILES string of the molecule is [B]C1C=NN2C(NCC3CCC=NC3)CC(C3CCN(S(=O)(=O)C4CCC(F)C(Cl)C4)CC3)=NC12. The average Bonchev–Trinajstić information content (AvgIpc) is 3.25. The number of halogens is 2. The highest BCUT2D eigenvalue weighted by Gasteiger charge is 2.43. The van der Waals surface area contributed by atoms with E-state index in [1.807, 2.05) is 11.2 Å². The summed E-state index contributed by atoms with van der Waals surface area (Å²) in [5.74, 6) is 0.500. The lowest BCUT2D eigenvalue weighted by atomic mass is 9.83. The molecule has 5 rings (SSSR count). The van der Waals surface area contributed by atoms with Crippen molar-refractivity contribution >= 4 is 47.6 Å². The normalized spacial score (nSPS) is 39.0. The highest BCUT2D eigenvalue weighted by Crippen LogP contribution is 2.35. The molecule has 1 saturated heterocycles. The number of piperidine rings is 1. The minimum atomic E-state index is -3.48. The minimum Gasteiger partial charge on any atom is -0.297 e. The van der Waals surface area contributed by atoms with Gasteiger partial charge in [0.1, 0.15) is 18.5 Å². The second-order valence-electron chi connectivity index (χ2n) is 10.6. The molecule has 1 N–H and O–H groups in total. The summed E-state index contributed by atoms with van der Waals surface area (Å²) in [5.41, 5.74) is 1.11. The number of hydrogen-bond donors (Lipinski definition) is 1. The van der Waals surface area contributed by atoms with Crippen LogP contribution in [0.2, 0.25) is 5.82 Å². The van der Waals surface area contributed by atoms with E-state index in [0.717, 1.165) is 50.9 Å². The van der Waals surface area contributed by atoms with E-state index in [0.29, 0.717) is 25.4 Å². The van der Waals surface area contributed by atoms with E-state index in [-0.39, 0.29) is 36.9 Å². The number of fused-ring (bicyclic) bond motifs is 1. The van der Waals surface area contributed by atoms with Crippen LogP contribution in [0.15, 0.2) is 15.1 Å². The fraction of sp³-hybridized carbons (Fsp3) is 0.870. The molecule has 0 amide bonds. The molecule has 192 valence electrons. The third-order valence-corrected chi connectivity index (χ3v) is 11.0. The molecule has 5 aliphatic rings. The van der Waals surface area contributed by atoms with E-state index >= 15 is 0 Å². The second-order valence-corrected chi connectivity index (χ2v) is 13.3. The molecule has 2 fully saturated rings. The van der Waals surface area contributed by atoms with Crippen molar-refractivity contribution in [2.75, 3.05) is 26.2 Å². The Morgan fingerprint density at radius 1 is 1.20 bits per heavy atom. The van der Waals surface area contributed by atoms with Gasteiger partial charge in [0.15, 0.2) is 0 Å². The zero-order valence-corrected chi connectivity index (χ0v) is 21.6. The van der Waals surface area contributed by atoms with Gasteiger partial charge in [-0.15, -0.1) is 11.6 Å². The molecule has 0 bridgehead atoms. The van der Waals surface area contributed by atoms with Crippen molar-refractivity contribution in [3.8, 4) is 0 Å². The number of alkyl halides is 2. The zero-order valence-electron chi connectivity index (χ0n) is 20.1. The van der Waals surface area contributed by atoms with E-state index in [2.05, 4.69) is 15.4 Å². The molecule has 1 aliphatic carbocycles. The quantitative estimate of drug-likeness (QED) is 0.427. The lowest BCUT2D eigenvalue weighted by Gasteiger charge is -2.41. The largest absolute Gasteiger partial charge is 0.297 e. The Morgan fingerprint density at radius 2 is 2.00 bits per heavy atom. The van der Waals surface area contributed by atoms with E-state index in [4.69, 9.17) is 24.4 Å². The highest BCUT2D eigenvalue weighted by molar-refractivity contribution is 7.89. The van der Waals surface area contributed by atoms with Gasteiger partial charge in [-0.3, -0.25) is 20.3 Å². The summed E-state index contributed by atoms with van der Waals surface area (Å²) in [4.78, 5) is 9.42. The molecule has 0 spiro atoms. The standard InChI is InChI=1S/C23H35BClFN6O2S/c24-18-14-29-32-22(28-13-15-2-1-7-27-12-15)11-21(30-23(18)32)16-5-8-31(9-6-16)35(33,34)17-3-4-20(26)19(25)10-17/h7,14-20,22-23,28H,1-6,8-13H2. The summed E-state index contributed by atoms with van der Waals surface area (Å²) >= 11 is 6.07. The lowest BCUT2D eigenvalue weighted by Crippen LogP contribution is -2.53. The van der Waals surface area contributed by atoms with Crippen LogP contribution in [0.3, 0.4) is 0 Å². The minimum absolute atomic E-state index is 0.0292. The lowest BCUT2D eigenvalue weighted by molar-refractivity contribution is 0.122. The molecule has 7 unspecified atom stereocenters. The molecule has 0 aromatic rings. The molecule has 1 saturated carbocycles. The Balaban J connectivity index is 1.21. The van der Waals surface area contributed by atoms with Gasteiger partial charge >= 0.3 is 0 Å². The first-order valence-corrected chi connectivity index (χ1v) is 14.9. The molecule has 4 heterocycles. The van der Waals surface area contributed by atoms with Gasteiger partial charge in [-0.2, -0.15) is 5.10 Å². The molecular weight excluding hydrogens is 490 g/mol. The number of nitrogens with one attached hydrogen (secondary N) is 1. The summed E-state index contributed by atoms with van der Waals surface area (Å²) in [6.45, 7) is 2.66. The fourth-order valence-electron chi connectivity index (χ4n) is 5.99. The van der Waals surface area contributed by atoms with Crippen molar-refractivity contribution in [1.82, 2.24) is 14.6 Å². The van der Waals surface area contributed by atoms with Crippen LogP contribution in [-0.4, -0.2) is 99.0 Å². The van der Waals surface area contributed by atoms with Crippen molar-refractivity contribution in [2.24, 2.45) is 26.9 Å². The predicted molar refractivity (Wildman–Crippen MR) is 139 cm³/mol. The van der Waals surface area contributed by atoms with Crippen LogP contribution in [-0.2, 0) is 10.0 Å². The number of hydrazone groups is 1. The molecule has 7 atom stereocenters. The molecule has 2 radical (unpaired) electrons. The van der Waals surface area contributed by atoms with Crippen molar-refractivity contribution in [3.05, 3.63) is 0 Å². The third-order valence-electron chi connectivity index (χ3n) is 8.20. The molecule has 8 nitrogen and oxygen atoms in total. The van der Waals surface area contributed by atoms with Crippen LogP contribution in [0.5, 0.6) is 0 Å². The summed E-state index contributed by atoms with van der Waals surface area (Å²) in [7, 11) is 2.81. The summed E-state index contributed by atoms with van der Waals surface area (Å²) in [5, 5.41) is 8.91. The first-order chi connectivity index (χ1) is 16.8. The summed E-state index contributed by atoms with van der Waals surface area (Å²) in [6, 6.07) is 0. The van der Waals surface area contributed by atoms with E-state index < -0.39 is 26.8 Å². The Bertz CT molecular complexity index is 960. The highest BCUT2D eigenvalue weighted by atomic mass is 35.5. The van der Waals surface area contributed by atoms with Crippen LogP contribution in [0, 0.1) is 11.8 Å². The van der Waals surface area contributed by atoms with Crippen molar-refractivity contribution in [1.29, 1.82) is 0 Å². The van der Waals surface area contributed by atoms with E-state index in [1.54, 1.807) is 10.5 Å². The first-order valence-electron chi connectivity index (χ1n) is 13.0. The average molecular weight is 525 g/mol. The Hall–Kier alpha value is -1.04. The number of nitrogens with zero attached hydrogens (tertiary/aromatic N) is 5. The van der Waals surface area contributed by atoms with Gasteiger partial charge in [0.05, 0.1) is 18.5 Å². The number of hydrogen-bond acceptors (Lipinski definition) is 7.